The van der Waals surface area contributed by atoms with Crippen LogP contribution >= 0.6 is 24.0 Å². The molecule has 0 radical (unpaired) electrons. The smallest absolute Gasteiger partial charge is 0.208 e. The van der Waals surface area contributed by atoms with E-state index >= 15 is 0 Å². The maximum absolute atomic E-state index is 11.2. The van der Waals surface area contributed by atoms with Crippen LogP contribution < -0.4 is 10.0 Å². The van der Waals surface area contributed by atoms with Gasteiger partial charge in [0.15, 0.2) is 5.96 Å². The normalized spacial score (nSPS) is 15.8. The van der Waals surface area contributed by atoms with Crippen LogP contribution in [0.25, 0.3) is 10.8 Å². The van der Waals surface area contributed by atoms with Gasteiger partial charge in [0.2, 0.25) is 10.0 Å². The predicted molar refractivity (Wildman–Crippen MR) is 135 cm³/mol. The molecule has 0 aliphatic carbocycles. The summed E-state index contributed by atoms with van der Waals surface area (Å²) in [6.45, 7) is 8.24. The average molecular weight is 545 g/mol. The van der Waals surface area contributed by atoms with Crippen molar-refractivity contribution < 1.29 is 8.42 Å². The summed E-state index contributed by atoms with van der Waals surface area (Å²) in [5, 5.41) is 5.93. The number of hydrogen-bond donors (Lipinski definition) is 2. The lowest BCUT2D eigenvalue weighted by Gasteiger charge is -2.36. The second-order valence-corrected chi connectivity index (χ2v) is 9.14. The molecule has 1 heterocycles. The Kier molecular flexibility index (Phi) is 9.79. The zero-order chi connectivity index (χ0) is 20.7. The molecule has 1 saturated heterocycles. The van der Waals surface area contributed by atoms with Gasteiger partial charge in [0, 0.05) is 45.8 Å². The molecule has 0 atom stereocenters. The Balaban J connectivity index is 0.00000320. The van der Waals surface area contributed by atoms with Gasteiger partial charge in [0.05, 0.1) is 12.8 Å². The largest absolute Gasteiger partial charge is 0.357 e. The fourth-order valence-electron chi connectivity index (χ4n) is 3.61. The lowest BCUT2D eigenvalue weighted by molar-refractivity contribution is 0.173. The van der Waals surface area contributed by atoms with Crippen molar-refractivity contribution in [1.82, 2.24) is 19.8 Å². The lowest BCUT2D eigenvalue weighted by atomic mass is 10.0. The fraction of sp³-hybridized carbons (Fsp3) is 0.476. The summed E-state index contributed by atoms with van der Waals surface area (Å²) in [5.41, 5.74) is 1.36. The first-order valence-electron chi connectivity index (χ1n) is 10.1. The van der Waals surface area contributed by atoms with Gasteiger partial charge in [-0.3, -0.25) is 9.89 Å². The van der Waals surface area contributed by atoms with Crippen molar-refractivity contribution in [2.45, 2.75) is 13.5 Å². The molecule has 9 heteroatoms. The van der Waals surface area contributed by atoms with Crippen molar-refractivity contribution in [1.29, 1.82) is 0 Å². The SMILES string of the molecule is CCNC(=NCCNS(C)(=O)=O)N1CCN(Cc2cccc3ccccc23)CC1.I. The van der Waals surface area contributed by atoms with Crippen LogP contribution in [0, 0.1) is 0 Å². The number of halogens is 1. The molecule has 166 valence electrons. The number of nitrogens with one attached hydrogen (secondary N) is 2. The number of fused-ring (bicyclic) bond motifs is 1. The van der Waals surface area contributed by atoms with Gasteiger partial charge in [-0.1, -0.05) is 42.5 Å². The number of piperazine rings is 1. The summed E-state index contributed by atoms with van der Waals surface area (Å²) in [7, 11) is -3.17. The highest BCUT2D eigenvalue weighted by Crippen LogP contribution is 2.20. The van der Waals surface area contributed by atoms with Crippen molar-refractivity contribution in [3.8, 4) is 0 Å². The third-order valence-electron chi connectivity index (χ3n) is 5.02. The van der Waals surface area contributed by atoms with E-state index in [-0.39, 0.29) is 24.0 Å². The van der Waals surface area contributed by atoms with Crippen LogP contribution in [-0.2, 0) is 16.6 Å². The Labute approximate surface area is 197 Å². The molecule has 7 nitrogen and oxygen atoms in total. The molecular formula is C21H32IN5O2S. The first kappa shape index (κ1) is 24.8. The molecule has 0 bridgehead atoms. The molecule has 1 aliphatic rings. The minimum absolute atomic E-state index is 0. The minimum Gasteiger partial charge on any atom is -0.357 e. The van der Waals surface area contributed by atoms with Crippen LogP contribution in [0.3, 0.4) is 0 Å². The third kappa shape index (κ3) is 7.36. The van der Waals surface area contributed by atoms with E-state index in [9.17, 15) is 8.42 Å². The molecular weight excluding hydrogens is 513 g/mol. The van der Waals surface area contributed by atoms with Crippen LogP contribution in [0.5, 0.6) is 0 Å². The Morgan fingerprint density at radius 3 is 2.47 bits per heavy atom. The molecule has 1 aliphatic heterocycles. The fourth-order valence-corrected chi connectivity index (χ4v) is 4.07. The number of hydrogen-bond acceptors (Lipinski definition) is 4. The number of rotatable bonds is 7. The zero-order valence-corrected chi connectivity index (χ0v) is 20.8. The van der Waals surface area contributed by atoms with Crippen molar-refractivity contribution in [2.75, 3.05) is 52.1 Å². The number of benzene rings is 2. The molecule has 2 aromatic rings. The van der Waals surface area contributed by atoms with Gasteiger partial charge in [-0.25, -0.2) is 13.1 Å². The Hall–Kier alpha value is -1.43. The van der Waals surface area contributed by atoms with Gasteiger partial charge < -0.3 is 10.2 Å². The Morgan fingerprint density at radius 1 is 1.07 bits per heavy atom. The monoisotopic (exact) mass is 545 g/mol. The van der Waals surface area contributed by atoms with Gasteiger partial charge in [-0.2, -0.15) is 0 Å². The van der Waals surface area contributed by atoms with Crippen molar-refractivity contribution in [3.05, 3.63) is 48.0 Å². The molecule has 30 heavy (non-hydrogen) atoms. The minimum atomic E-state index is -3.17. The van der Waals surface area contributed by atoms with Gasteiger partial charge in [-0.15, -0.1) is 24.0 Å². The Bertz CT molecular complexity index is 938. The lowest BCUT2D eigenvalue weighted by Crippen LogP contribution is -2.52. The Morgan fingerprint density at radius 2 is 1.77 bits per heavy atom. The standard InChI is InChI=1S/C21H31N5O2S.HI/c1-3-22-21(23-11-12-24-29(2,27)28)26-15-13-25(14-16-26)17-19-9-6-8-18-7-4-5-10-20(18)19;/h4-10,24H,3,11-17H2,1-2H3,(H,22,23);1H. The molecule has 0 unspecified atom stereocenters. The van der Waals surface area contributed by atoms with Crippen LogP contribution in [-0.4, -0.2) is 76.2 Å². The number of sulfonamides is 1. The van der Waals surface area contributed by atoms with E-state index < -0.39 is 10.0 Å². The second-order valence-electron chi connectivity index (χ2n) is 7.30. The van der Waals surface area contributed by atoms with Crippen molar-refractivity contribution in [2.24, 2.45) is 4.99 Å². The summed E-state index contributed by atoms with van der Waals surface area (Å²) >= 11 is 0. The predicted octanol–water partition coefficient (Wildman–Crippen LogP) is 2.09. The zero-order valence-electron chi connectivity index (χ0n) is 17.7. The van der Waals surface area contributed by atoms with Crippen molar-refractivity contribution >= 4 is 50.7 Å². The first-order valence-corrected chi connectivity index (χ1v) is 12.0. The highest BCUT2D eigenvalue weighted by atomic mass is 127. The van der Waals surface area contributed by atoms with Gasteiger partial charge in [0.1, 0.15) is 0 Å². The second kappa shape index (κ2) is 11.8. The van der Waals surface area contributed by atoms with E-state index in [4.69, 9.17) is 0 Å². The van der Waals surface area contributed by atoms with Gasteiger partial charge >= 0.3 is 0 Å². The van der Waals surface area contributed by atoms with E-state index in [2.05, 4.69) is 67.3 Å². The summed E-state index contributed by atoms with van der Waals surface area (Å²) in [5.74, 6) is 0.854. The first-order chi connectivity index (χ1) is 14.0. The quantitative estimate of drug-likeness (QED) is 0.241. The maximum atomic E-state index is 11.2. The van der Waals surface area contributed by atoms with E-state index in [1.54, 1.807) is 0 Å². The summed E-state index contributed by atoms with van der Waals surface area (Å²) < 4.78 is 24.8. The number of aliphatic imine (C=N–C) groups is 1. The highest BCUT2D eigenvalue weighted by Gasteiger charge is 2.20. The van der Waals surface area contributed by atoms with E-state index in [1.807, 2.05) is 6.92 Å². The molecule has 2 aromatic carbocycles. The molecule has 0 amide bonds. The van der Waals surface area contributed by atoms with Gasteiger partial charge in [0.25, 0.3) is 0 Å². The van der Waals surface area contributed by atoms with E-state index in [1.165, 1.54) is 16.3 Å². The molecule has 1 fully saturated rings. The van der Waals surface area contributed by atoms with Crippen LogP contribution in [0.1, 0.15) is 12.5 Å². The molecule has 0 saturated carbocycles. The molecule has 0 spiro atoms. The third-order valence-corrected chi connectivity index (χ3v) is 5.75. The van der Waals surface area contributed by atoms with E-state index in [0.29, 0.717) is 13.1 Å². The summed E-state index contributed by atoms with van der Waals surface area (Å²) in [4.78, 5) is 9.31. The molecule has 3 rings (SSSR count). The van der Waals surface area contributed by atoms with Crippen LogP contribution in [0.2, 0.25) is 0 Å². The van der Waals surface area contributed by atoms with Gasteiger partial charge in [-0.05, 0) is 23.3 Å². The highest BCUT2D eigenvalue weighted by molar-refractivity contribution is 14.0. The van der Waals surface area contributed by atoms with Crippen LogP contribution in [0.15, 0.2) is 47.5 Å². The molecule has 2 N–H and O–H groups in total. The summed E-state index contributed by atoms with van der Waals surface area (Å²) in [6.07, 6.45) is 1.16. The topological polar surface area (TPSA) is 77.0 Å². The number of nitrogens with zero attached hydrogens (tertiary/aromatic N) is 3. The maximum Gasteiger partial charge on any atom is 0.208 e. The number of guanidine groups is 1. The van der Waals surface area contributed by atoms with Crippen molar-refractivity contribution in [3.63, 3.8) is 0 Å². The summed E-state index contributed by atoms with van der Waals surface area (Å²) in [6, 6.07) is 15.0. The average Bonchev–Trinajstić information content (AvgIpc) is 2.70. The van der Waals surface area contributed by atoms with E-state index in [0.717, 1.165) is 51.5 Å². The molecule has 0 aromatic heterocycles. The van der Waals surface area contributed by atoms with Crippen LogP contribution in [0.4, 0.5) is 0 Å².